The number of hydrogen-bond acceptors (Lipinski definition) is 23. The Kier molecular flexibility index (Phi) is 12.9. The van der Waals surface area contributed by atoms with Crippen LogP contribution in [0.15, 0.2) is 0 Å². The van der Waals surface area contributed by atoms with Crippen molar-refractivity contribution >= 4 is 41.5 Å². The molecule has 0 aromatic rings. The van der Waals surface area contributed by atoms with Gasteiger partial charge in [0.05, 0.1) is 19.8 Å². The van der Waals surface area contributed by atoms with Gasteiger partial charge < -0.3 is 58.2 Å². The summed E-state index contributed by atoms with van der Waals surface area (Å²) in [5.74, 6) is 0. The number of nitrogens with one attached hydrogen (secondary N) is 1. The van der Waals surface area contributed by atoms with E-state index < -0.39 is 116 Å². The number of ether oxygens (including phenoxy) is 4. The number of hydrogen-bond donors (Lipinski definition) is 5. The molecule has 0 aromatic carbocycles. The van der Waals surface area contributed by atoms with Crippen LogP contribution in [0.2, 0.25) is 0 Å². The van der Waals surface area contributed by atoms with Crippen LogP contribution in [0.5, 0.6) is 0 Å². The Morgan fingerprint density at radius 1 is 0.714 bits per heavy atom. The van der Waals surface area contributed by atoms with Crippen molar-refractivity contribution < 1.29 is 98.7 Å². The average molecular weight is 701 g/mol. The molecule has 2 saturated heterocycles. The molecule has 2 heterocycles. The zero-order valence-electron chi connectivity index (χ0n) is 20.4. The monoisotopic (exact) mass is 700 g/mol. The fourth-order valence-electron chi connectivity index (χ4n) is 3.70. The first-order chi connectivity index (χ1) is 19.0. The number of nitrogens with two attached hydrogens (primary N) is 1. The Labute approximate surface area is 238 Å². The summed E-state index contributed by atoms with van der Waals surface area (Å²) in [4.78, 5) is 0. The molecule has 0 aromatic heterocycles. The fourth-order valence-corrected chi connectivity index (χ4v) is 5.38. The maximum Gasteiger partial charge on any atom is 0.218 e. The zero-order chi connectivity index (χ0) is 32.3. The summed E-state index contributed by atoms with van der Waals surface area (Å²) in [7, 11) is -22.6. The van der Waals surface area contributed by atoms with E-state index in [0.29, 0.717) is 0 Å². The van der Waals surface area contributed by atoms with Crippen LogP contribution in [0.25, 0.3) is 0 Å². The second kappa shape index (κ2) is 14.5. The molecule has 28 heteroatoms. The van der Waals surface area contributed by atoms with Gasteiger partial charge in [-0.2, -0.15) is 0 Å². The summed E-state index contributed by atoms with van der Waals surface area (Å²) in [6, 6.07) is -2.56. The molecule has 0 amide bonds. The van der Waals surface area contributed by atoms with E-state index in [0.717, 1.165) is 0 Å². The minimum absolute atomic E-state index is 0.152. The fraction of sp³-hybridized carbons (Fsp3) is 1.00. The van der Waals surface area contributed by atoms with Gasteiger partial charge in [0, 0.05) is 6.54 Å². The van der Waals surface area contributed by atoms with E-state index in [2.05, 4.69) is 12.5 Å². The summed E-state index contributed by atoms with van der Waals surface area (Å²) in [6.45, 7) is -3.23. The van der Waals surface area contributed by atoms with E-state index >= 15 is 0 Å². The summed E-state index contributed by atoms with van der Waals surface area (Å²) < 4.78 is 168. The van der Waals surface area contributed by atoms with Gasteiger partial charge in [0.25, 0.3) is 0 Å². The van der Waals surface area contributed by atoms with E-state index in [9.17, 15) is 67.2 Å². The lowest BCUT2D eigenvalue weighted by Gasteiger charge is -2.48. The van der Waals surface area contributed by atoms with Crippen LogP contribution in [-0.2, 0) is 73.0 Å². The van der Waals surface area contributed by atoms with Crippen molar-refractivity contribution in [1.82, 2.24) is 4.72 Å². The van der Waals surface area contributed by atoms with Gasteiger partial charge in [-0.25, -0.2) is 38.4 Å². The van der Waals surface area contributed by atoms with Crippen LogP contribution in [0.4, 0.5) is 0 Å². The van der Waals surface area contributed by atoms with Gasteiger partial charge in [-0.15, -0.1) is 0 Å². The van der Waals surface area contributed by atoms with Gasteiger partial charge in [0.2, 0.25) is 31.2 Å². The quantitative estimate of drug-likeness (QED) is 0.0782. The molecule has 2 fully saturated rings. The summed E-state index contributed by atoms with van der Waals surface area (Å²) >= 11 is 0. The van der Waals surface area contributed by atoms with E-state index in [1.807, 2.05) is 0 Å². The molecule has 0 saturated carbocycles. The molecule has 250 valence electrons. The van der Waals surface area contributed by atoms with Crippen LogP contribution >= 0.6 is 0 Å². The van der Waals surface area contributed by atoms with Gasteiger partial charge >= 0.3 is 0 Å². The molecule has 0 bridgehead atoms. The number of aliphatic hydroxyl groups is 3. The van der Waals surface area contributed by atoms with Crippen molar-refractivity contribution in [3.05, 3.63) is 0 Å². The minimum Gasteiger partial charge on any atom is -0.735 e. The van der Waals surface area contributed by atoms with Crippen molar-refractivity contribution in [3.8, 4) is 0 Å². The highest BCUT2D eigenvalue weighted by Crippen LogP contribution is 2.32. The molecule has 0 spiro atoms. The van der Waals surface area contributed by atoms with Crippen LogP contribution in [0.3, 0.4) is 0 Å². The Hall–Kier alpha value is -0.840. The highest BCUT2D eigenvalue weighted by Gasteiger charge is 2.53. The Bertz CT molecular complexity index is 1320. The second-order valence-electron chi connectivity index (χ2n) is 8.27. The molecule has 0 unspecified atom stereocenters. The lowest BCUT2D eigenvalue weighted by Crippen LogP contribution is -2.68. The molecule has 0 aliphatic carbocycles. The van der Waals surface area contributed by atoms with E-state index in [4.69, 9.17) is 24.7 Å². The smallest absolute Gasteiger partial charge is 0.218 e. The largest absolute Gasteiger partial charge is 0.735 e. The minimum atomic E-state index is -5.88. The standard InChI is InChI=1S/C14H28N2O22S4/c15-1-2-32-14-10(19)9(18)11(6(36-14)4-34-41(26,27)28)37-13-7(16-39(20,21)22)12(38-42(29,30)31)8(17)5(35-13)3-33-40(23,24)25/h5-14,16-19H,1-4,15H2,(H,20,21,22)(H,23,24,25)(H,26,27,28)(H,29,30,31)/p-4/t5-,6-,7-,8-,9-,10-,11-,12-,13-,14-/m1/s1. The maximum atomic E-state index is 11.5. The molecule has 2 aliphatic heterocycles. The first-order valence-corrected chi connectivity index (χ1v) is 16.3. The Morgan fingerprint density at radius 3 is 1.71 bits per heavy atom. The van der Waals surface area contributed by atoms with Crippen molar-refractivity contribution in [2.24, 2.45) is 5.73 Å². The molecule has 0 radical (unpaired) electrons. The molecule has 2 rings (SSSR count). The zero-order valence-corrected chi connectivity index (χ0v) is 23.7. The molecule has 24 nitrogen and oxygen atoms in total. The summed E-state index contributed by atoms with van der Waals surface area (Å²) in [6.07, 6.45) is -20.3. The lowest BCUT2D eigenvalue weighted by atomic mass is 9.96. The highest BCUT2D eigenvalue weighted by molar-refractivity contribution is 7.83. The number of aliphatic hydroxyl groups excluding tert-OH is 3. The van der Waals surface area contributed by atoms with Crippen LogP contribution in [0.1, 0.15) is 0 Å². The predicted molar refractivity (Wildman–Crippen MR) is 118 cm³/mol. The Balaban J connectivity index is 2.54. The molecule has 6 N–H and O–H groups in total. The maximum absolute atomic E-state index is 11.5. The third-order valence-corrected chi connectivity index (χ3v) is 7.14. The van der Waals surface area contributed by atoms with Crippen LogP contribution in [-0.4, -0.2) is 155 Å². The molecule has 42 heavy (non-hydrogen) atoms. The molecule has 2 aliphatic rings. The van der Waals surface area contributed by atoms with E-state index in [1.54, 1.807) is 0 Å². The first-order valence-electron chi connectivity index (χ1n) is 10.9. The molecular weight excluding hydrogens is 676 g/mol. The Morgan fingerprint density at radius 2 is 1.24 bits per heavy atom. The highest BCUT2D eigenvalue weighted by atomic mass is 32.3. The summed E-state index contributed by atoms with van der Waals surface area (Å²) in [5.41, 5.74) is 5.27. The average Bonchev–Trinajstić information content (AvgIpc) is 2.81. The van der Waals surface area contributed by atoms with E-state index in [1.165, 1.54) is 4.72 Å². The summed E-state index contributed by atoms with van der Waals surface area (Å²) in [5, 5.41) is 31.5. The van der Waals surface area contributed by atoms with Crippen LogP contribution in [0, 0.1) is 0 Å². The third-order valence-electron chi connectivity index (χ3n) is 5.27. The van der Waals surface area contributed by atoms with Gasteiger partial charge in [0.1, 0.15) is 48.8 Å². The van der Waals surface area contributed by atoms with Crippen molar-refractivity contribution in [3.63, 3.8) is 0 Å². The van der Waals surface area contributed by atoms with Crippen molar-refractivity contribution in [1.29, 1.82) is 0 Å². The van der Waals surface area contributed by atoms with Gasteiger partial charge in [-0.05, 0) is 0 Å². The molecule has 10 atom stereocenters. The topological polar surface area (TPSA) is 392 Å². The number of rotatable bonds is 15. The van der Waals surface area contributed by atoms with E-state index in [-0.39, 0.29) is 13.2 Å². The third kappa shape index (κ3) is 11.9. The molecular formula is C14H24N2O22S4-4. The van der Waals surface area contributed by atoms with Crippen molar-refractivity contribution in [2.75, 3.05) is 26.4 Å². The van der Waals surface area contributed by atoms with Crippen LogP contribution < -0.4 is 10.5 Å². The normalized spacial score (nSPS) is 35.2. The van der Waals surface area contributed by atoms with Crippen molar-refractivity contribution in [2.45, 2.75) is 61.3 Å². The SMILES string of the molecule is NCCO[C@@H]1O[C@H](COS(=O)(=O)[O-])[C@@H](O[C@H]2O[C@H](COS(=O)(=O)[O-])[C@@H](O)[C@H](OS(=O)(=O)[O-])[C@H]2NS(=O)(=O)[O-])[C@H](O)[C@H]1O. The first kappa shape index (κ1) is 37.3. The van der Waals surface area contributed by atoms with Gasteiger partial charge in [-0.3, -0.25) is 12.5 Å². The van der Waals surface area contributed by atoms with Gasteiger partial charge in [0.15, 0.2) is 22.9 Å². The lowest BCUT2D eigenvalue weighted by molar-refractivity contribution is -0.344. The predicted octanol–water partition coefficient (Wildman–Crippen LogP) is -7.90. The van der Waals surface area contributed by atoms with Gasteiger partial charge in [-0.1, -0.05) is 0 Å². The second-order valence-corrected chi connectivity index (χ2v) is 12.5.